The summed E-state index contributed by atoms with van der Waals surface area (Å²) in [6.45, 7) is 1.28. The number of alkyl halides is 3. The number of hydrogen-bond acceptors (Lipinski definition) is 4. The van der Waals surface area contributed by atoms with Crippen LogP contribution in [0.25, 0.3) is 11.0 Å². The lowest BCUT2D eigenvalue weighted by Crippen LogP contribution is -2.31. The van der Waals surface area contributed by atoms with E-state index >= 15 is 0 Å². The number of benzene rings is 4. The molecule has 4 aromatic carbocycles. The predicted octanol–water partition coefficient (Wildman–Crippen LogP) is 8.70. The van der Waals surface area contributed by atoms with Gasteiger partial charge in [0.05, 0.1) is 24.1 Å². The normalized spacial score (nSPS) is 11.9. The molecule has 4 nitrogen and oxygen atoms in total. The van der Waals surface area contributed by atoms with Gasteiger partial charge in [-0.2, -0.15) is 13.2 Å². The standard InChI is InChI=1S/C35H31ClF3NO3/c1-42-33(41)20-24-15-16-32-28(19-24)21-29(43-32)17-18-40(22-27-13-8-14-31(34(27)36)35(37,38)39)23-30(25-9-4-2-5-10-25)26-11-6-3-7-12-26/h2-16,19,21,30H,17-18,20,22-23H2,1H3. The molecule has 0 radical (unpaired) electrons. The largest absolute Gasteiger partial charge is 0.469 e. The maximum Gasteiger partial charge on any atom is 0.417 e. The van der Waals surface area contributed by atoms with Crippen molar-refractivity contribution in [2.75, 3.05) is 20.2 Å². The zero-order valence-electron chi connectivity index (χ0n) is 23.6. The molecule has 0 spiro atoms. The summed E-state index contributed by atoms with van der Waals surface area (Å²) in [6.07, 6.45) is -3.86. The highest BCUT2D eigenvalue weighted by Gasteiger charge is 2.34. The lowest BCUT2D eigenvalue weighted by molar-refractivity contribution is -0.140. The highest BCUT2D eigenvalue weighted by Crippen LogP contribution is 2.37. The summed E-state index contributed by atoms with van der Waals surface area (Å²) in [6, 6.07) is 31.7. The average Bonchev–Trinajstić information content (AvgIpc) is 3.42. The molecular formula is C35H31ClF3NO3. The summed E-state index contributed by atoms with van der Waals surface area (Å²) in [7, 11) is 1.36. The van der Waals surface area contributed by atoms with E-state index in [0.29, 0.717) is 30.7 Å². The third-order valence-electron chi connectivity index (χ3n) is 7.51. The average molecular weight is 606 g/mol. The maximum absolute atomic E-state index is 13.7. The van der Waals surface area contributed by atoms with Crippen molar-refractivity contribution in [1.82, 2.24) is 4.90 Å². The molecule has 0 saturated heterocycles. The van der Waals surface area contributed by atoms with Crippen LogP contribution in [0.3, 0.4) is 0 Å². The first-order chi connectivity index (χ1) is 20.7. The van der Waals surface area contributed by atoms with Crippen molar-refractivity contribution in [2.24, 2.45) is 0 Å². The number of fused-ring (bicyclic) bond motifs is 1. The van der Waals surface area contributed by atoms with Gasteiger partial charge in [0.15, 0.2) is 0 Å². The van der Waals surface area contributed by atoms with E-state index in [1.54, 1.807) is 6.07 Å². The van der Waals surface area contributed by atoms with Crippen molar-refractivity contribution in [1.29, 1.82) is 0 Å². The summed E-state index contributed by atoms with van der Waals surface area (Å²) in [5.74, 6) is 0.392. The highest BCUT2D eigenvalue weighted by molar-refractivity contribution is 6.32. The molecule has 1 heterocycles. The molecule has 1 aromatic heterocycles. The monoisotopic (exact) mass is 605 g/mol. The molecule has 0 saturated carbocycles. The van der Waals surface area contributed by atoms with E-state index < -0.39 is 11.7 Å². The predicted molar refractivity (Wildman–Crippen MR) is 162 cm³/mol. The van der Waals surface area contributed by atoms with Crippen molar-refractivity contribution in [2.45, 2.75) is 31.5 Å². The fourth-order valence-corrected chi connectivity index (χ4v) is 5.61. The van der Waals surface area contributed by atoms with Gasteiger partial charge in [0.1, 0.15) is 11.3 Å². The van der Waals surface area contributed by atoms with Crippen LogP contribution in [0.4, 0.5) is 13.2 Å². The van der Waals surface area contributed by atoms with Crippen LogP contribution in [0.2, 0.25) is 5.02 Å². The lowest BCUT2D eigenvalue weighted by Gasteiger charge is -2.29. The zero-order chi connectivity index (χ0) is 30.4. The van der Waals surface area contributed by atoms with E-state index in [9.17, 15) is 18.0 Å². The minimum Gasteiger partial charge on any atom is -0.469 e. The fraction of sp³-hybridized carbons (Fsp3) is 0.229. The fourth-order valence-electron chi connectivity index (χ4n) is 5.32. The molecule has 0 atom stereocenters. The third kappa shape index (κ3) is 7.66. The highest BCUT2D eigenvalue weighted by atomic mass is 35.5. The van der Waals surface area contributed by atoms with E-state index in [1.807, 2.05) is 60.7 Å². The van der Waals surface area contributed by atoms with Crippen LogP contribution in [0.1, 0.15) is 39.5 Å². The van der Waals surface area contributed by atoms with E-state index in [4.69, 9.17) is 20.8 Å². The summed E-state index contributed by atoms with van der Waals surface area (Å²) < 4.78 is 51.9. The van der Waals surface area contributed by atoms with Gasteiger partial charge < -0.3 is 9.15 Å². The molecule has 0 aliphatic heterocycles. The maximum atomic E-state index is 13.7. The molecule has 0 amide bonds. The molecule has 0 aliphatic carbocycles. The molecule has 0 N–H and O–H groups in total. The molecule has 0 fully saturated rings. The Balaban J connectivity index is 1.44. The van der Waals surface area contributed by atoms with E-state index in [2.05, 4.69) is 29.2 Å². The van der Waals surface area contributed by atoms with Crippen molar-refractivity contribution < 1.29 is 27.1 Å². The number of rotatable bonds is 11. The molecule has 8 heteroatoms. The van der Waals surface area contributed by atoms with Gasteiger partial charge in [-0.1, -0.05) is 90.5 Å². The summed E-state index contributed by atoms with van der Waals surface area (Å²) in [5, 5.41) is 0.591. The Kier molecular flexibility index (Phi) is 9.53. The quantitative estimate of drug-likeness (QED) is 0.141. The van der Waals surface area contributed by atoms with Crippen LogP contribution in [0.5, 0.6) is 0 Å². The number of methoxy groups -OCH3 is 1. The first-order valence-corrected chi connectivity index (χ1v) is 14.3. The smallest absolute Gasteiger partial charge is 0.417 e. The van der Waals surface area contributed by atoms with Gasteiger partial charge in [0.25, 0.3) is 0 Å². The summed E-state index contributed by atoms with van der Waals surface area (Å²) in [5.41, 5.74) is 3.30. The number of nitrogens with zero attached hydrogens (tertiary/aromatic N) is 1. The molecular weight excluding hydrogens is 575 g/mol. The number of carbonyl (C=O) groups excluding carboxylic acids is 1. The molecule has 0 unspecified atom stereocenters. The third-order valence-corrected chi connectivity index (χ3v) is 7.95. The van der Waals surface area contributed by atoms with Gasteiger partial charge in [-0.05, 0) is 46.5 Å². The van der Waals surface area contributed by atoms with E-state index in [0.717, 1.165) is 33.9 Å². The van der Waals surface area contributed by atoms with Crippen LogP contribution in [-0.4, -0.2) is 31.1 Å². The Morgan fingerprint density at radius 2 is 1.58 bits per heavy atom. The number of carbonyl (C=O) groups is 1. The number of hydrogen-bond donors (Lipinski definition) is 0. The van der Waals surface area contributed by atoms with Crippen molar-refractivity contribution >= 4 is 28.5 Å². The Morgan fingerprint density at radius 1 is 0.907 bits per heavy atom. The first kappa shape index (κ1) is 30.4. The number of ether oxygens (including phenoxy) is 1. The van der Waals surface area contributed by atoms with Gasteiger partial charge in [-0.25, -0.2) is 0 Å². The second-order valence-corrected chi connectivity index (χ2v) is 10.9. The molecule has 0 aliphatic rings. The summed E-state index contributed by atoms with van der Waals surface area (Å²) in [4.78, 5) is 13.8. The zero-order valence-corrected chi connectivity index (χ0v) is 24.4. The van der Waals surface area contributed by atoms with Gasteiger partial charge in [0, 0.05) is 37.4 Å². The van der Waals surface area contributed by atoms with Crippen LogP contribution in [-0.2, 0) is 35.1 Å². The topological polar surface area (TPSA) is 42.7 Å². The first-order valence-electron chi connectivity index (χ1n) is 14.0. The Hall–Kier alpha value is -4.07. The Bertz CT molecular complexity index is 1630. The van der Waals surface area contributed by atoms with E-state index in [1.165, 1.54) is 13.2 Å². The number of esters is 1. The SMILES string of the molecule is COC(=O)Cc1ccc2oc(CCN(Cc3cccc(C(F)(F)F)c3Cl)CC(c3ccccc3)c3ccccc3)cc2c1. The summed E-state index contributed by atoms with van der Waals surface area (Å²) >= 11 is 6.34. The number of halogens is 4. The molecule has 5 aromatic rings. The lowest BCUT2D eigenvalue weighted by atomic mass is 9.90. The minimum absolute atomic E-state index is 0.0245. The Morgan fingerprint density at radius 3 is 2.21 bits per heavy atom. The van der Waals surface area contributed by atoms with Crippen LogP contribution < -0.4 is 0 Å². The molecule has 222 valence electrons. The second kappa shape index (κ2) is 13.5. The Labute approximate surface area is 253 Å². The van der Waals surface area contributed by atoms with Gasteiger partial charge >= 0.3 is 12.1 Å². The van der Waals surface area contributed by atoms with E-state index in [-0.39, 0.29) is 29.9 Å². The van der Waals surface area contributed by atoms with Gasteiger partial charge in [-0.15, -0.1) is 0 Å². The minimum atomic E-state index is -4.55. The van der Waals surface area contributed by atoms with Crippen LogP contribution in [0.15, 0.2) is 108 Å². The van der Waals surface area contributed by atoms with Crippen LogP contribution in [0, 0.1) is 0 Å². The molecule has 0 bridgehead atoms. The van der Waals surface area contributed by atoms with Crippen LogP contribution >= 0.6 is 11.6 Å². The van der Waals surface area contributed by atoms with Gasteiger partial charge in [0.2, 0.25) is 0 Å². The van der Waals surface area contributed by atoms with Crippen molar-refractivity contribution in [3.05, 3.63) is 142 Å². The number of furan rings is 1. The molecule has 5 rings (SSSR count). The van der Waals surface area contributed by atoms with Crippen molar-refractivity contribution in [3.8, 4) is 0 Å². The van der Waals surface area contributed by atoms with Crippen molar-refractivity contribution in [3.63, 3.8) is 0 Å². The molecule has 43 heavy (non-hydrogen) atoms. The van der Waals surface area contributed by atoms with Gasteiger partial charge in [-0.3, -0.25) is 9.69 Å². The second-order valence-electron chi connectivity index (χ2n) is 10.5.